The topological polar surface area (TPSA) is 76.0 Å². The number of ether oxygens (including phenoxy) is 2. The summed E-state index contributed by atoms with van der Waals surface area (Å²) in [5.41, 5.74) is 8.64. The molecule has 0 saturated heterocycles. The molecule has 0 aliphatic rings. The Morgan fingerprint density at radius 3 is 1.05 bits per heavy atom. The standard InChI is InChI=1S/C53H50O5/c1-52(2,3)43-23-11-41(12-24-43)51(56)42-21-31-47(32-22-42)57-46-29-17-39(18-30-46)49(37-13-25-44(54)26-14-37)35-7-9-36(10-8-35)50(38-15-27-45(55)28-16-38)40-19-33-48(34-20-40)58-53(4,5)6/h7-34,49-50,54-55H,1-6H3. The van der Waals surface area contributed by atoms with Gasteiger partial charge in [-0.3, -0.25) is 4.79 Å². The number of hydrogen-bond donors (Lipinski definition) is 2. The smallest absolute Gasteiger partial charge is 0.193 e. The number of benzene rings is 7. The van der Waals surface area contributed by atoms with Gasteiger partial charge in [-0.1, -0.05) is 118 Å². The van der Waals surface area contributed by atoms with Gasteiger partial charge in [0.25, 0.3) is 0 Å². The Bertz CT molecular complexity index is 2430. The maximum Gasteiger partial charge on any atom is 0.193 e. The van der Waals surface area contributed by atoms with E-state index in [4.69, 9.17) is 9.47 Å². The van der Waals surface area contributed by atoms with E-state index in [1.54, 1.807) is 36.4 Å². The molecule has 5 heteroatoms. The lowest BCUT2D eigenvalue weighted by Gasteiger charge is -2.24. The molecule has 0 fully saturated rings. The van der Waals surface area contributed by atoms with Crippen molar-refractivity contribution in [3.63, 3.8) is 0 Å². The highest BCUT2D eigenvalue weighted by molar-refractivity contribution is 6.09. The van der Waals surface area contributed by atoms with Crippen LogP contribution < -0.4 is 9.47 Å². The number of carbonyl (C=O) groups excluding carboxylic acids is 1. The normalized spacial score (nSPS) is 12.7. The van der Waals surface area contributed by atoms with E-state index in [9.17, 15) is 15.0 Å². The minimum atomic E-state index is -0.301. The fourth-order valence-corrected chi connectivity index (χ4v) is 7.28. The van der Waals surface area contributed by atoms with Gasteiger partial charge in [-0.25, -0.2) is 0 Å². The van der Waals surface area contributed by atoms with Crippen LogP contribution in [0.1, 0.15) is 108 Å². The third-order valence-corrected chi connectivity index (χ3v) is 10.3. The third kappa shape index (κ3) is 9.50. The second-order valence-electron chi connectivity index (χ2n) is 16.9. The van der Waals surface area contributed by atoms with Crippen LogP contribution in [0, 0.1) is 0 Å². The van der Waals surface area contributed by atoms with Crippen molar-refractivity contribution in [1.29, 1.82) is 0 Å². The van der Waals surface area contributed by atoms with Crippen LogP contribution in [-0.4, -0.2) is 21.6 Å². The Hall–Kier alpha value is -6.59. The quantitative estimate of drug-likeness (QED) is 0.101. The minimum Gasteiger partial charge on any atom is -0.508 e. The van der Waals surface area contributed by atoms with Crippen LogP contribution in [-0.2, 0) is 5.41 Å². The molecule has 58 heavy (non-hydrogen) atoms. The van der Waals surface area contributed by atoms with Crippen LogP contribution in [0.15, 0.2) is 170 Å². The highest BCUT2D eigenvalue weighted by atomic mass is 16.5. The molecule has 0 aromatic heterocycles. The van der Waals surface area contributed by atoms with Gasteiger partial charge in [0.15, 0.2) is 5.78 Å². The molecular weight excluding hydrogens is 717 g/mol. The monoisotopic (exact) mass is 766 g/mol. The molecule has 0 aliphatic heterocycles. The first kappa shape index (κ1) is 39.6. The van der Waals surface area contributed by atoms with Gasteiger partial charge in [0.05, 0.1) is 0 Å². The van der Waals surface area contributed by atoms with Gasteiger partial charge in [0.2, 0.25) is 0 Å². The maximum atomic E-state index is 13.2. The summed E-state index contributed by atoms with van der Waals surface area (Å²) in [4.78, 5) is 13.2. The van der Waals surface area contributed by atoms with Crippen LogP contribution in [0.3, 0.4) is 0 Å². The molecule has 292 valence electrons. The summed E-state index contributed by atoms with van der Waals surface area (Å²) in [6.07, 6.45) is 0. The number of phenolic OH excluding ortho intramolecular Hbond substituents is 2. The van der Waals surface area contributed by atoms with Gasteiger partial charge in [-0.2, -0.15) is 0 Å². The zero-order chi connectivity index (χ0) is 41.0. The SMILES string of the molecule is CC(C)(C)Oc1ccc(C(c2ccc(O)cc2)c2ccc(C(c3ccc(O)cc3)c3ccc(Oc4ccc(C(=O)c5ccc(C(C)(C)C)cc5)cc4)cc3)cc2)cc1. The van der Waals surface area contributed by atoms with Gasteiger partial charge >= 0.3 is 0 Å². The number of phenols is 2. The zero-order valence-corrected chi connectivity index (χ0v) is 33.9. The van der Waals surface area contributed by atoms with E-state index in [0.29, 0.717) is 22.6 Å². The molecule has 0 spiro atoms. The van der Waals surface area contributed by atoms with Crippen LogP contribution >= 0.6 is 0 Å². The van der Waals surface area contributed by atoms with Gasteiger partial charge in [-0.15, -0.1) is 0 Å². The molecule has 2 unspecified atom stereocenters. The highest BCUT2D eigenvalue weighted by Crippen LogP contribution is 2.38. The summed E-state index contributed by atoms with van der Waals surface area (Å²) in [6.45, 7) is 12.6. The lowest BCUT2D eigenvalue weighted by atomic mass is 9.81. The Balaban J connectivity index is 1.13. The molecule has 0 heterocycles. The average molecular weight is 767 g/mol. The summed E-state index contributed by atoms with van der Waals surface area (Å²) < 4.78 is 12.3. The molecule has 0 aliphatic carbocycles. The molecule has 7 aromatic rings. The molecular formula is C53H50O5. The second-order valence-corrected chi connectivity index (χ2v) is 16.9. The Morgan fingerprint density at radius 1 is 0.414 bits per heavy atom. The first-order valence-electron chi connectivity index (χ1n) is 19.7. The average Bonchev–Trinajstić information content (AvgIpc) is 3.20. The van der Waals surface area contributed by atoms with Crippen molar-refractivity contribution >= 4 is 5.78 Å². The molecule has 7 aromatic carbocycles. The second kappa shape index (κ2) is 16.5. The van der Waals surface area contributed by atoms with Crippen LogP contribution in [0.2, 0.25) is 0 Å². The molecule has 0 radical (unpaired) electrons. The fraction of sp³-hybridized carbons (Fsp3) is 0.189. The zero-order valence-electron chi connectivity index (χ0n) is 33.9. The van der Waals surface area contributed by atoms with Crippen molar-refractivity contribution < 1.29 is 24.5 Å². The molecule has 0 saturated carbocycles. The largest absolute Gasteiger partial charge is 0.508 e. The van der Waals surface area contributed by atoms with Crippen LogP contribution in [0.25, 0.3) is 0 Å². The van der Waals surface area contributed by atoms with E-state index in [-0.39, 0.29) is 40.1 Å². The number of ketones is 1. The van der Waals surface area contributed by atoms with Gasteiger partial charge in [0.1, 0.15) is 34.3 Å². The first-order valence-corrected chi connectivity index (χ1v) is 19.7. The van der Waals surface area contributed by atoms with Gasteiger partial charge in [-0.05, 0) is 138 Å². The van der Waals surface area contributed by atoms with Crippen molar-refractivity contribution in [3.05, 3.63) is 220 Å². The summed E-state index contributed by atoms with van der Waals surface area (Å²) in [7, 11) is 0. The van der Waals surface area contributed by atoms with Crippen molar-refractivity contribution in [1.82, 2.24) is 0 Å². The van der Waals surface area contributed by atoms with Crippen LogP contribution in [0.4, 0.5) is 0 Å². The summed E-state index contributed by atoms with van der Waals surface area (Å²) in [5.74, 6) is 2.34. The van der Waals surface area contributed by atoms with E-state index in [0.717, 1.165) is 39.1 Å². The molecule has 0 bridgehead atoms. The summed E-state index contributed by atoms with van der Waals surface area (Å²) in [5, 5.41) is 20.2. The molecule has 2 N–H and O–H groups in total. The number of hydrogen-bond acceptors (Lipinski definition) is 5. The molecule has 5 nitrogen and oxygen atoms in total. The molecule has 2 atom stereocenters. The molecule has 7 rings (SSSR count). The van der Waals surface area contributed by atoms with E-state index in [1.807, 2.05) is 106 Å². The van der Waals surface area contributed by atoms with Crippen molar-refractivity contribution in [2.45, 2.75) is 64.4 Å². The van der Waals surface area contributed by atoms with E-state index in [1.165, 1.54) is 5.56 Å². The fourth-order valence-electron chi connectivity index (χ4n) is 7.28. The van der Waals surface area contributed by atoms with Crippen molar-refractivity contribution in [2.75, 3.05) is 0 Å². The maximum absolute atomic E-state index is 13.2. The van der Waals surface area contributed by atoms with E-state index in [2.05, 4.69) is 69.3 Å². The lowest BCUT2D eigenvalue weighted by Crippen LogP contribution is -2.22. The lowest BCUT2D eigenvalue weighted by molar-refractivity contribution is 0.103. The highest BCUT2D eigenvalue weighted by Gasteiger charge is 2.22. The predicted octanol–water partition coefficient (Wildman–Crippen LogP) is 13.0. The molecule has 0 amide bonds. The summed E-state index contributed by atoms with van der Waals surface area (Å²) in [6, 6.07) is 54.8. The number of aromatic hydroxyl groups is 2. The van der Waals surface area contributed by atoms with Crippen molar-refractivity contribution in [3.8, 4) is 28.7 Å². The number of carbonyl (C=O) groups is 1. The van der Waals surface area contributed by atoms with Gasteiger partial charge in [0, 0.05) is 23.0 Å². The third-order valence-electron chi connectivity index (χ3n) is 10.3. The van der Waals surface area contributed by atoms with Crippen LogP contribution in [0.5, 0.6) is 28.7 Å². The Kier molecular flexibility index (Phi) is 11.3. The van der Waals surface area contributed by atoms with E-state index >= 15 is 0 Å². The van der Waals surface area contributed by atoms with E-state index < -0.39 is 0 Å². The van der Waals surface area contributed by atoms with Gasteiger partial charge < -0.3 is 19.7 Å². The Morgan fingerprint density at radius 2 is 0.707 bits per heavy atom. The minimum absolute atomic E-state index is 0.0219. The summed E-state index contributed by atoms with van der Waals surface area (Å²) >= 11 is 0. The number of rotatable bonds is 11. The van der Waals surface area contributed by atoms with Crippen molar-refractivity contribution in [2.24, 2.45) is 0 Å². The first-order chi connectivity index (χ1) is 27.7. The Labute approximate surface area is 342 Å². The predicted molar refractivity (Wildman–Crippen MR) is 233 cm³/mol.